The summed E-state index contributed by atoms with van der Waals surface area (Å²) in [6, 6.07) is 29.8. The number of carbonyl (C=O) groups is 2. The van der Waals surface area contributed by atoms with Crippen LogP contribution in [0.1, 0.15) is 34.6 Å². The maximum Gasteiger partial charge on any atom is 0.163 e. The van der Waals surface area contributed by atoms with Crippen molar-refractivity contribution < 1.29 is 19.1 Å². The molecule has 4 aromatic carbocycles. The molecule has 4 rings (SSSR count). The lowest BCUT2D eigenvalue weighted by Gasteiger charge is -2.11. The van der Waals surface area contributed by atoms with Crippen LogP contribution in [0.3, 0.4) is 0 Å². The zero-order chi connectivity index (χ0) is 22.5. The van der Waals surface area contributed by atoms with E-state index in [1.165, 1.54) is 13.8 Å². The number of carbonyl (C=O) groups excluding carboxylic acids is 2. The standard InChI is InChI=1S/C28H22O4/c1-19(29)25-7-3-5-9-27(25)31-23-15-11-21(12-16-23)22-13-17-24(18-14-22)32-28-10-6-4-8-26(28)20(2)30/h3-18H,1-2H3. The molecule has 0 spiro atoms. The quantitative estimate of drug-likeness (QED) is 0.292. The SMILES string of the molecule is CC(=O)c1ccccc1Oc1ccc(-c2ccc(Oc3ccccc3C(C)=O)cc2)cc1. The van der Waals surface area contributed by atoms with Crippen molar-refractivity contribution in [2.75, 3.05) is 0 Å². The van der Waals surface area contributed by atoms with Crippen molar-refractivity contribution in [3.8, 4) is 34.1 Å². The normalized spacial score (nSPS) is 10.4. The molecule has 0 fully saturated rings. The van der Waals surface area contributed by atoms with Crippen LogP contribution >= 0.6 is 0 Å². The summed E-state index contributed by atoms with van der Waals surface area (Å²) in [4.78, 5) is 23.6. The molecule has 0 bridgehead atoms. The van der Waals surface area contributed by atoms with Crippen molar-refractivity contribution >= 4 is 11.6 Å². The summed E-state index contributed by atoms with van der Waals surface area (Å²) in [7, 11) is 0. The van der Waals surface area contributed by atoms with Crippen molar-refractivity contribution in [1.29, 1.82) is 0 Å². The van der Waals surface area contributed by atoms with E-state index < -0.39 is 0 Å². The molecule has 4 nitrogen and oxygen atoms in total. The molecular formula is C28H22O4. The molecule has 0 amide bonds. The van der Waals surface area contributed by atoms with Gasteiger partial charge >= 0.3 is 0 Å². The van der Waals surface area contributed by atoms with E-state index in [9.17, 15) is 9.59 Å². The Kier molecular flexibility index (Phi) is 6.13. The molecule has 0 aliphatic carbocycles. The van der Waals surface area contributed by atoms with Gasteiger partial charge in [0.2, 0.25) is 0 Å². The predicted molar refractivity (Wildman–Crippen MR) is 125 cm³/mol. The zero-order valence-electron chi connectivity index (χ0n) is 17.9. The van der Waals surface area contributed by atoms with E-state index in [0.717, 1.165) is 11.1 Å². The van der Waals surface area contributed by atoms with Crippen LogP contribution in [-0.2, 0) is 0 Å². The molecule has 32 heavy (non-hydrogen) atoms. The number of ether oxygens (including phenoxy) is 2. The van der Waals surface area contributed by atoms with Crippen LogP contribution in [0.25, 0.3) is 11.1 Å². The van der Waals surface area contributed by atoms with Crippen LogP contribution < -0.4 is 9.47 Å². The number of para-hydroxylation sites is 2. The van der Waals surface area contributed by atoms with E-state index in [1.807, 2.05) is 72.8 Å². The average molecular weight is 422 g/mol. The average Bonchev–Trinajstić information content (AvgIpc) is 2.81. The molecule has 0 saturated carbocycles. The molecule has 0 aromatic heterocycles. The highest BCUT2D eigenvalue weighted by Crippen LogP contribution is 2.30. The van der Waals surface area contributed by atoms with Crippen LogP contribution in [0.4, 0.5) is 0 Å². The number of rotatable bonds is 7. The van der Waals surface area contributed by atoms with Gasteiger partial charge in [0, 0.05) is 0 Å². The first-order valence-electron chi connectivity index (χ1n) is 10.3. The van der Waals surface area contributed by atoms with Gasteiger partial charge < -0.3 is 9.47 Å². The molecule has 4 aromatic rings. The fraction of sp³-hybridized carbons (Fsp3) is 0.0714. The number of hydrogen-bond acceptors (Lipinski definition) is 4. The third-order valence-electron chi connectivity index (χ3n) is 5.03. The van der Waals surface area contributed by atoms with Gasteiger partial charge in [-0.05, 0) is 73.5 Å². The second kappa shape index (κ2) is 9.31. The fourth-order valence-electron chi connectivity index (χ4n) is 3.38. The smallest absolute Gasteiger partial charge is 0.163 e. The summed E-state index contributed by atoms with van der Waals surface area (Å²) in [5, 5.41) is 0. The van der Waals surface area contributed by atoms with E-state index in [2.05, 4.69) is 0 Å². The third-order valence-corrected chi connectivity index (χ3v) is 5.03. The van der Waals surface area contributed by atoms with Gasteiger partial charge in [-0.3, -0.25) is 9.59 Å². The van der Waals surface area contributed by atoms with Gasteiger partial charge in [-0.15, -0.1) is 0 Å². The van der Waals surface area contributed by atoms with Crippen LogP contribution in [0.2, 0.25) is 0 Å². The molecule has 158 valence electrons. The number of Topliss-reactive ketones (excluding diaryl/α,β-unsaturated/α-hetero) is 2. The Morgan fingerprint density at radius 2 is 0.844 bits per heavy atom. The van der Waals surface area contributed by atoms with Gasteiger partial charge in [-0.1, -0.05) is 48.5 Å². The Bertz CT molecular complexity index is 1150. The van der Waals surface area contributed by atoms with E-state index in [1.54, 1.807) is 24.3 Å². The Hall–Kier alpha value is -4.18. The summed E-state index contributed by atoms with van der Waals surface area (Å²) >= 11 is 0. The first-order valence-corrected chi connectivity index (χ1v) is 10.3. The maximum absolute atomic E-state index is 11.8. The van der Waals surface area contributed by atoms with Crippen LogP contribution in [0.5, 0.6) is 23.0 Å². The predicted octanol–water partition coefficient (Wildman–Crippen LogP) is 7.34. The monoisotopic (exact) mass is 422 g/mol. The molecule has 0 aliphatic heterocycles. The van der Waals surface area contributed by atoms with Gasteiger partial charge in [0.25, 0.3) is 0 Å². The van der Waals surface area contributed by atoms with Gasteiger partial charge in [-0.2, -0.15) is 0 Å². The topological polar surface area (TPSA) is 52.6 Å². The number of ketones is 2. The van der Waals surface area contributed by atoms with E-state index in [0.29, 0.717) is 34.1 Å². The summed E-state index contributed by atoms with van der Waals surface area (Å²) in [6.07, 6.45) is 0. The Labute approximate surface area is 187 Å². The highest BCUT2D eigenvalue weighted by Gasteiger charge is 2.10. The molecule has 0 aliphatic rings. The largest absolute Gasteiger partial charge is 0.457 e. The molecule has 4 heteroatoms. The maximum atomic E-state index is 11.8. The number of benzene rings is 4. The van der Waals surface area contributed by atoms with Crippen molar-refractivity contribution in [3.05, 3.63) is 108 Å². The van der Waals surface area contributed by atoms with Gasteiger partial charge in [0.15, 0.2) is 11.6 Å². The van der Waals surface area contributed by atoms with E-state index in [-0.39, 0.29) is 11.6 Å². The van der Waals surface area contributed by atoms with Gasteiger partial charge in [0.1, 0.15) is 23.0 Å². The summed E-state index contributed by atoms with van der Waals surface area (Å²) in [5.74, 6) is 2.32. The third kappa shape index (κ3) is 4.76. The van der Waals surface area contributed by atoms with Crippen LogP contribution in [0.15, 0.2) is 97.1 Å². The zero-order valence-corrected chi connectivity index (χ0v) is 17.9. The van der Waals surface area contributed by atoms with Gasteiger partial charge in [0.05, 0.1) is 11.1 Å². The lowest BCUT2D eigenvalue weighted by Crippen LogP contribution is -1.96. The molecule has 0 saturated heterocycles. The van der Waals surface area contributed by atoms with Crippen LogP contribution in [0, 0.1) is 0 Å². The molecule has 0 atom stereocenters. The van der Waals surface area contributed by atoms with E-state index in [4.69, 9.17) is 9.47 Å². The minimum Gasteiger partial charge on any atom is -0.457 e. The molecule has 0 N–H and O–H groups in total. The minimum atomic E-state index is -0.0366. The first-order chi connectivity index (χ1) is 15.5. The van der Waals surface area contributed by atoms with Crippen molar-refractivity contribution in [1.82, 2.24) is 0 Å². The van der Waals surface area contributed by atoms with Gasteiger partial charge in [-0.25, -0.2) is 0 Å². The highest BCUT2D eigenvalue weighted by molar-refractivity contribution is 5.97. The lowest BCUT2D eigenvalue weighted by molar-refractivity contribution is 0.100. The fourth-order valence-corrected chi connectivity index (χ4v) is 3.38. The van der Waals surface area contributed by atoms with Crippen LogP contribution in [-0.4, -0.2) is 11.6 Å². The van der Waals surface area contributed by atoms with E-state index >= 15 is 0 Å². The Morgan fingerprint density at radius 1 is 0.500 bits per heavy atom. The molecule has 0 radical (unpaired) electrons. The number of hydrogen-bond donors (Lipinski definition) is 0. The summed E-state index contributed by atoms with van der Waals surface area (Å²) in [5.41, 5.74) is 3.15. The Balaban J connectivity index is 1.48. The van der Waals surface area contributed by atoms with Crippen molar-refractivity contribution in [2.45, 2.75) is 13.8 Å². The van der Waals surface area contributed by atoms with Crippen molar-refractivity contribution in [3.63, 3.8) is 0 Å². The first kappa shape index (κ1) is 21.1. The lowest BCUT2D eigenvalue weighted by atomic mass is 10.1. The summed E-state index contributed by atoms with van der Waals surface area (Å²) < 4.78 is 11.8. The molecular weight excluding hydrogens is 400 g/mol. The highest BCUT2D eigenvalue weighted by atomic mass is 16.5. The second-order valence-electron chi connectivity index (χ2n) is 7.36. The molecule has 0 unspecified atom stereocenters. The minimum absolute atomic E-state index is 0.0366. The van der Waals surface area contributed by atoms with Crippen molar-refractivity contribution in [2.24, 2.45) is 0 Å². The second-order valence-corrected chi connectivity index (χ2v) is 7.36. The Morgan fingerprint density at radius 3 is 1.19 bits per heavy atom. The summed E-state index contributed by atoms with van der Waals surface area (Å²) in [6.45, 7) is 3.05. The molecule has 0 heterocycles.